The Morgan fingerprint density at radius 3 is 2.37 bits per heavy atom. The maximum atomic E-state index is 12.5. The molecule has 166 valence electrons. The molecule has 1 spiro atoms. The predicted octanol–water partition coefficient (Wildman–Crippen LogP) is 3.75. The molecular formula is C24H36N2O4. The van der Waals surface area contributed by atoms with E-state index in [0.29, 0.717) is 24.5 Å². The molecule has 0 N–H and O–H groups in total. The average Bonchev–Trinajstić information content (AvgIpc) is 3.14. The molecule has 0 bridgehead atoms. The van der Waals surface area contributed by atoms with E-state index in [-0.39, 0.29) is 17.3 Å². The van der Waals surface area contributed by atoms with E-state index in [0.717, 1.165) is 51.0 Å². The van der Waals surface area contributed by atoms with E-state index in [2.05, 4.69) is 18.7 Å². The van der Waals surface area contributed by atoms with Gasteiger partial charge in [-0.2, -0.15) is 0 Å². The fourth-order valence-electron chi connectivity index (χ4n) is 5.85. The number of nitrogens with zero attached hydrogens (tertiary/aromatic N) is 2. The molecule has 0 aromatic heterocycles. The van der Waals surface area contributed by atoms with Crippen molar-refractivity contribution < 1.29 is 19.0 Å². The lowest BCUT2D eigenvalue weighted by Gasteiger charge is -2.58. The third kappa shape index (κ3) is 4.10. The Labute approximate surface area is 180 Å². The maximum absolute atomic E-state index is 12.5. The van der Waals surface area contributed by atoms with Crippen molar-refractivity contribution in [1.82, 2.24) is 9.80 Å². The van der Waals surface area contributed by atoms with Crippen molar-refractivity contribution in [3.8, 4) is 0 Å². The number of benzene rings is 1. The van der Waals surface area contributed by atoms with Crippen LogP contribution < -0.4 is 0 Å². The van der Waals surface area contributed by atoms with Crippen LogP contribution >= 0.6 is 0 Å². The zero-order chi connectivity index (χ0) is 21.4. The van der Waals surface area contributed by atoms with Crippen LogP contribution in [0.1, 0.15) is 38.7 Å². The van der Waals surface area contributed by atoms with E-state index in [9.17, 15) is 4.79 Å². The van der Waals surface area contributed by atoms with Crippen LogP contribution in [0.3, 0.4) is 0 Å². The normalized spacial score (nSPS) is 24.0. The highest BCUT2D eigenvalue weighted by Crippen LogP contribution is 2.49. The second-order valence-corrected chi connectivity index (χ2v) is 9.84. The van der Waals surface area contributed by atoms with Crippen molar-refractivity contribution in [2.75, 3.05) is 40.4 Å². The van der Waals surface area contributed by atoms with Crippen molar-refractivity contribution in [2.45, 2.75) is 51.5 Å². The van der Waals surface area contributed by atoms with Gasteiger partial charge in [-0.05, 0) is 23.8 Å². The Kier molecular flexibility index (Phi) is 6.11. The number of ether oxygens (including phenoxy) is 3. The van der Waals surface area contributed by atoms with E-state index in [1.807, 2.05) is 35.2 Å². The Balaban J connectivity index is 1.27. The van der Waals surface area contributed by atoms with Crippen LogP contribution in [-0.2, 0) is 20.8 Å². The molecule has 3 fully saturated rings. The minimum absolute atomic E-state index is 0.182. The second-order valence-electron chi connectivity index (χ2n) is 9.84. The first-order valence-corrected chi connectivity index (χ1v) is 11.2. The molecule has 2 saturated heterocycles. The van der Waals surface area contributed by atoms with Crippen LogP contribution in [0.15, 0.2) is 30.3 Å². The molecule has 1 aliphatic carbocycles. The molecule has 4 rings (SSSR count). The molecule has 6 nitrogen and oxygen atoms in total. The van der Waals surface area contributed by atoms with Gasteiger partial charge in [-0.25, -0.2) is 4.79 Å². The van der Waals surface area contributed by atoms with E-state index < -0.39 is 0 Å². The molecule has 30 heavy (non-hydrogen) atoms. The number of carbonyl (C=O) groups is 1. The molecule has 1 amide bonds. The van der Waals surface area contributed by atoms with E-state index in [4.69, 9.17) is 14.2 Å². The number of amides is 1. The zero-order valence-corrected chi connectivity index (χ0v) is 18.8. The van der Waals surface area contributed by atoms with Gasteiger partial charge in [-0.15, -0.1) is 0 Å². The standard InChI is InChI=1S/C24H36N2O4/c1-18(2)21(20-12-24(13-20,28-3)29-4)26-16-23(17-26)10-11-25(15-23)22(27)30-14-19-8-6-5-7-9-19/h5-9,18,20-21H,10-17H2,1-4H3/t21-/m1/s1. The van der Waals surface area contributed by atoms with Gasteiger partial charge < -0.3 is 19.1 Å². The molecule has 1 saturated carbocycles. The largest absolute Gasteiger partial charge is 0.445 e. The lowest BCUT2D eigenvalue weighted by atomic mass is 9.67. The van der Waals surface area contributed by atoms with Gasteiger partial charge in [0.05, 0.1) is 0 Å². The van der Waals surface area contributed by atoms with Gasteiger partial charge in [0.2, 0.25) is 0 Å². The molecule has 0 radical (unpaired) electrons. The zero-order valence-electron chi connectivity index (χ0n) is 18.8. The summed E-state index contributed by atoms with van der Waals surface area (Å²) in [7, 11) is 3.49. The SMILES string of the molecule is COC1(OC)CC([C@@H](C(C)C)N2CC3(CCN(C(=O)OCc4ccccc4)C3)C2)C1. The topological polar surface area (TPSA) is 51.2 Å². The Morgan fingerprint density at radius 1 is 1.10 bits per heavy atom. The van der Waals surface area contributed by atoms with Gasteiger partial charge in [-0.3, -0.25) is 4.90 Å². The van der Waals surface area contributed by atoms with Crippen molar-refractivity contribution in [3.05, 3.63) is 35.9 Å². The minimum atomic E-state index is -0.382. The summed E-state index contributed by atoms with van der Waals surface area (Å²) in [5, 5.41) is 0. The van der Waals surface area contributed by atoms with Crippen LogP contribution in [0.2, 0.25) is 0 Å². The van der Waals surface area contributed by atoms with Crippen molar-refractivity contribution in [3.63, 3.8) is 0 Å². The van der Waals surface area contributed by atoms with E-state index in [1.54, 1.807) is 14.2 Å². The quantitative estimate of drug-likeness (QED) is 0.634. The summed E-state index contributed by atoms with van der Waals surface area (Å²) in [4.78, 5) is 17.1. The number of carbonyl (C=O) groups excluding carboxylic acids is 1. The number of methoxy groups -OCH3 is 2. The predicted molar refractivity (Wildman–Crippen MR) is 115 cm³/mol. The fourth-order valence-corrected chi connectivity index (χ4v) is 5.85. The summed E-state index contributed by atoms with van der Waals surface area (Å²) in [5.41, 5.74) is 1.26. The summed E-state index contributed by atoms with van der Waals surface area (Å²) in [6.45, 7) is 8.73. The Bertz CT molecular complexity index is 720. The molecule has 6 heteroatoms. The number of hydrogen-bond donors (Lipinski definition) is 0. The first-order chi connectivity index (χ1) is 14.4. The molecule has 2 aliphatic heterocycles. The highest BCUT2D eigenvalue weighted by Gasteiger charge is 2.56. The van der Waals surface area contributed by atoms with Crippen LogP contribution in [0.25, 0.3) is 0 Å². The van der Waals surface area contributed by atoms with Crippen LogP contribution in [0.4, 0.5) is 4.79 Å². The van der Waals surface area contributed by atoms with Gasteiger partial charge in [0.1, 0.15) is 6.61 Å². The minimum Gasteiger partial charge on any atom is -0.445 e. The Morgan fingerprint density at radius 2 is 1.77 bits per heavy atom. The lowest BCUT2D eigenvalue weighted by Crippen LogP contribution is -2.66. The van der Waals surface area contributed by atoms with Gasteiger partial charge in [0.15, 0.2) is 5.79 Å². The third-order valence-corrected chi connectivity index (χ3v) is 7.46. The van der Waals surface area contributed by atoms with Crippen LogP contribution in [-0.4, -0.2) is 68.1 Å². The highest BCUT2D eigenvalue weighted by atomic mass is 16.7. The number of rotatable bonds is 7. The first kappa shape index (κ1) is 21.6. The Hall–Kier alpha value is -1.63. The average molecular weight is 417 g/mol. The van der Waals surface area contributed by atoms with Gasteiger partial charge >= 0.3 is 6.09 Å². The van der Waals surface area contributed by atoms with Gasteiger partial charge in [0, 0.05) is 64.7 Å². The molecule has 3 aliphatic rings. The lowest BCUT2D eigenvalue weighted by molar-refractivity contribution is -0.282. The summed E-state index contributed by atoms with van der Waals surface area (Å²) < 4.78 is 16.8. The summed E-state index contributed by atoms with van der Waals surface area (Å²) in [6.07, 6.45) is 2.81. The first-order valence-electron chi connectivity index (χ1n) is 11.2. The smallest absolute Gasteiger partial charge is 0.410 e. The van der Waals surface area contributed by atoms with Crippen molar-refractivity contribution in [1.29, 1.82) is 0 Å². The molecule has 1 atom stereocenters. The third-order valence-electron chi connectivity index (χ3n) is 7.46. The summed E-state index contributed by atoms with van der Waals surface area (Å²) in [6, 6.07) is 10.4. The summed E-state index contributed by atoms with van der Waals surface area (Å²) in [5.74, 6) is 0.815. The van der Waals surface area contributed by atoms with E-state index in [1.165, 1.54) is 0 Å². The van der Waals surface area contributed by atoms with Crippen LogP contribution in [0, 0.1) is 17.3 Å². The van der Waals surface area contributed by atoms with Crippen molar-refractivity contribution in [2.24, 2.45) is 17.3 Å². The summed E-state index contributed by atoms with van der Waals surface area (Å²) >= 11 is 0. The number of hydrogen-bond acceptors (Lipinski definition) is 5. The molecule has 2 heterocycles. The second kappa shape index (κ2) is 8.48. The van der Waals surface area contributed by atoms with Gasteiger partial charge in [0.25, 0.3) is 0 Å². The highest BCUT2D eigenvalue weighted by molar-refractivity contribution is 5.68. The molecule has 0 unspecified atom stereocenters. The van der Waals surface area contributed by atoms with E-state index >= 15 is 0 Å². The maximum Gasteiger partial charge on any atom is 0.410 e. The molecule has 1 aromatic rings. The molecular weight excluding hydrogens is 380 g/mol. The molecule has 1 aromatic carbocycles. The van der Waals surface area contributed by atoms with Crippen molar-refractivity contribution >= 4 is 6.09 Å². The van der Waals surface area contributed by atoms with Gasteiger partial charge in [-0.1, -0.05) is 44.2 Å². The monoisotopic (exact) mass is 416 g/mol. The fraction of sp³-hybridized carbons (Fsp3) is 0.708. The van der Waals surface area contributed by atoms with Crippen LogP contribution in [0.5, 0.6) is 0 Å². The number of likely N-dealkylation sites (tertiary alicyclic amines) is 2.